The number of anilines is 1. The van der Waals surface area contributed by atoms with Crippen molar-refractivity contribution < 1.29 is 34.2 Å². The highest BCUT2D eigenvalue weighted by Crippen LogP contribution is 2.11. The monoisotopic (exact) mass is 557 g/mol. The number of nitrogens with zero attached hydrogens (tertiary/aromatic N) is 2. The Labute approximate surface area is 228 Å². The van der Waals surface area contributed by atoms with E-state index in [1.165, 1.54) is 6.21 Å². The first-order chi connectivity index (χ1) is 19.0. The number of carbonyl (C=O) groups is 5. The number of aliphatic imine (C=N–C) groups is 2. The Morgan fingerprint density at radius 2 is 1.68 bits per heavy atom. The van der Waals surface area contributed by atoms with E-state index in [2.05, 4.69) is 31.3 Å². The highest BCUT2D eigenvalue weighted by Gasteiger charge is 2.19. The highest BCUT2D eigenvalue weighted by molar-refractivity contribution is 6.36. The van der Waals surface area contributed by atoms with Gasteiger partial charge in [-0.15, -0.1) is 0 Å². The minimum absolute atomic E-state index is 0.0280. The molecule has 0 spiro atoms. The van der Waals surface area contributed by atoms with Crippen LogP contribution in [-0.2, 0) is 19.2 Å². The Morgan fingerprint density at radius 1 is 0.975 bits per heavy atom. The number of amides is 4. The summed E-state index contributed by atoms with van der Waals surface area (Å²) in [5.41, 5.74) is 11.8. The van der Waals surface area contributed by atoms with Gasteiger partial charge >= 0.3 is 5.97 Å². The number of primary amides is 1. The van der Waals surface area contributed by atoms with Gasteiger partial charge in [0.2, 0.25) is 23.6 Å². The number of aliphatic carboxylic acids is 1. The molecule has 16 heteroatoms. The van der Waals surface area contributed by atoms with E-state index >= 15 is 0 Å². The molecule has 214 valence electrons. The molecule has 1 aliphatic heterocycles. The van der Waals surface area contributed by atoms with E-state index in [0.29, 0.717) is 23.4 Å². The summed E-state index contributed by atoms with van der Waals surface area (Å²) in [6.45, 7) is 0.0221. The molecular formula is C24H31N9O7. The van der Waals surface area contributed by atoms with Gasteiger partial charge in [-0.05, 0) is 37.1 Å². The summed E-state index contributed by atoms with van der Waals surface area (Å²) in [5.74, 6) is -4.34. The molecule has 0 unspecified atom stereocenters. The Kier molecular flexibility index (Phi) is 11.8. The predicted octanol–water partition coefficient (Wildman–Crippen LogP) is -1.25. The summed E-state index contributed by atoms with van der Waals surface area (Å²) in [6, 6.07) is 5.40. The van der Waals surface area contributed by atoms with Crippen molar-refractivity contribution in [1.82, 2.24) is 16.0 Å². The predicted molar refractivity (Wildman–Crippen MR) is 145 cm³/mol. The van der Waals surface area contributed by atoms with Crippen molar-refractivity contribution in [3.8, 4) is 0 Å². The molecule has 0 radical (unpaired) electrons. The molecule has 16 nitrogen and oxygen atoms in total. The minimum Gasteiger partial charge on any atom is -0.493 e. The number of carboxylic acid groups (broad SMARTS) is 1. The number of nitrogens with two attached hydrogens (primary N) is 2. The molecule has 1 aliphatic rings. The summed E-state index contributed by atoms with van der Waals surface area (Å²) in [4.78, 5) is 66.0. The third kappa shape index (κ3) is 10.6. The lowest BCUT2D eigenvalue weighted by Gasteiger charge is -2.14. The van der Waals surface area contributed by atoms with E-state index in [0.717, 1.165) is 0 Å². The molecule has 1 atom stereocenters. The van der Waals surface area contributed by atoms with Gasteiger partial charge in [0, 0.05) is 30.6 Å². The van der Waals surface area contributed by atoms with Gasteiger partial charge in [-0.3, -0.25) is 29.4 Å². The van der Waals surface area contributed by atoms with Crippen LogP contribution in [0.15, 0.2) is 45.8 Å². The first-order valence-corrected chi connectivity index (χ1v) is 12.0. The number of rotatable bonds is 15. The molecule has 0 aromatic heterocycles. The molecule has 2 rings (SSSR count). The zero-order chi connectivity index (χ0) is 29.7. The SMILES string of the molecule is N=C1N=CC(CNc2ccc(C(=O)NCCCC(=O)NCC(=O)N[C@@H](CCC(=O)O)C(N)=O)cc2)=N/C1=C(/N)O. The van der Waals surface area contributed by atoms with E-state index in [1.54, 1.807) is 24.3 Å². The third-order valence-electron chi connectivity index (χ3n) is 5.32. The minimum atomic E-state index is -1.16. The summed E-state index contributed by atoms with van der Waals surface area (Å²) in [7, 11) is 0. The maximum absolute atomic E-state index is 12.3. The van der Waals surface area contributed by atoms with Gasteiger partial charge in [0.05, 0.1) is 25.0 Å². The van der Waals surface area contributed by atoms with E-state index in [1.807, 2.05) is 0 Å². The first kappa shape index (κ1) is 30.9. The average Bonchev–Trinajstić information content (AvgIpc) is 2.91. The fourth-order valence-electron chi connectivity index (χ4n) is 3.24. The fourth-order valence-corrected chi connectivity index (χ4v) is 3.24. The fraction of sp³-hybridized carbons (Fsp3) is 0.333. The van der Waals surface area contributed by atoms with Gasteiger partial charge < -0.3 is 42.9 Å². The molecule has 1 heterocycles. The van der Waals surface area contributed by atoms with Gasteiger partial charge in [0.15, 0.2) is 11.5 Å². The Morgan fingerprint density at radius 3 is 2.30 bits per heavy atom. The van der Waals surface area contributed by atoms with Crippen LogP contribution in [-0.4, -0.2) is 83.2 Å². The second-order valence-electron chi connectivity index (χ2n) is 8.47. The number of hydrogen-bond acceptors (Lipinski definition) is 10. The Balaban J connectivity index is 1.68. The summed E-state index contributed by atoms with van der Waals surface area (Å²) >= 11 is 0. The van der Waals surface area contributed by atoms with E-state index < -0.39 is 42.2 Å². The second-order valence-corrected chi connectivity index (χ2v) is 8.47. The smallest absolute Gasteiger partial charge is 0.303 e. The van der Waals surface area contributed by atoms with Crippen molar-refractivity contribution in [1.29, 1.82) is 5.41 Å². The topological polar surface area (TPSA) is 275 Å². The molecular weight excluding hydrogens is 526 g/mol. The van der Waals surface area contributed by atoms with Crippen LogP contribution in [0.3, 0.4) is 0 Å². The van der Waals surface area contributed by atoms with Gasteiger partial charge in [0.25, 0.3) is 5.91 Å². The molecule has 1 aromatic carbocycles. The third-order valence-corrected chi connectivity index (χ3v) is 5.32. The lowest BCUT2D eigenvalue weighted by atomic mass is 10.1. The standard InChI is InChI=1S/C24H31N9O7/c25-21-20(23(27)39)32-15(11-31-21)10-29-14-5-3-13(4-6-14)24(40)28-9-1-2-17(34)30-12-18(35)33-16(22(26)38)7-8-19(36)37/h3-6,11,16,25,29,39H,1-2,7-10,12,27H2,(H2,26,38)(H,28,40)(H,30,34)(H,33,35)(H,36,37)/b23-20-,25-21?/t16-/m0/s1. The maximum Gasteiger partial charge on any atom is 0.303 e. The van der Waals surface area contributed by atoms with E-state index in [-0.39, 0.29) is 49.8 Å². The molecule has 0 saturated carbocycles. The number of carbonyl (C=O) groups excluding carboxylic acids is 4. The summed E-state index contributed by atoms with van der Waals surface area (Å²) in [6.07, 6.45) is 1.19. The van der Waals surface area contributed by atoms with Gasteiger partial charge in [-0.2, -0.15) is 0 Å². The molecule has 4 amide bonds. The largest absolute Gasteiger partial charge is 0.493 e. The van der Waals surface area contributed by atoms with Gasteiger partial charge in [0.1, 0.15) is 6.04 Å². The zero-order valence-corrected chi connectivity index (χ0v) is 21.4. The molecule has 40 heavy (non-hydrogen) atoms. The Hall–Kier alpha value is -5.28. The molecule has 11 N–H and O–H groups in total. The molecule has 0 saturated heterocycles. The number of hydrogen-bond donors (Lipinski definition) is 9. The maximum atomic E-state index is 12.3. The van der Waals surface area contributed by atoms with Crippen molar-refractivity contribution in [3.63, 3.8) is 0 Å². The number of amidine groups is 1. The summed E-state index contributed by atoms with van der Waals surface area (Å²) < 4.78 is 0. The van der Waals surface area contributed by atoms with Crippen molar-refractivity contribution in [3.05, 3.63) is 41.4 Å². The quantitative estimate of drug-likeness (QED) is 0.0918. The van der Waals surface area contributed by atoms with Crippen LogP contribution in [0.25, 0.3) is 0 Å². The van der Waals surface area contributed by atoms with Crippen molar-refractivity contribution >= 4 is 53.0 Å². The number of benzene rings is 1. The molecule has 1 aromatic rings. The number of aliphatic hydroxyl groups excluding tert-OH is 1. The van der Waals surface area contributed by atoms with E-state index in [9.17, 15) is 29.1 Å². The van der Waals surface area contributed by atoms with Crippen molar-refractivity contribution in [2.75, 3.05) is 25.0 Å². The highest BCUT2D eigenvalue weighted by atomic mass is 16.4. The van der Waals surface area contributed by atoms with Crippen LogP contribution in [0, 0.1) is 5.41 Å². The lowest BCUT2D eigenvalue weighted by molar-refractivity contribution is -0.137. The average molecular weight is 558 g/mol. The number of carboxylic acids is 1. The molecule has 0 bridgehead atoms. The lowest BCUT2D eigenvalue weighted by Crippen LogP contribution is -2.48. The second kappa shape index (κ2) is 15.2. The van der Waals surface area contributed by atoms with Crippen molar-refractivity contribution in [2.24, 2.45) is 21.5 Å². The van der Waals surface area contributed by atoms with Gasteiger partial charge in [-0.25, -0.2) is 9.98 Å². The van der Waals surface area contributed by atoms with Crippen LogP contribution >= 0.6 is 0 Å². The Bertz CT molecular complexity index is 1240. The number of nitrogens with one attached hydrogen (secondary N) is 5. The summed E-state index contributed by atoms with van der Waals surface area (Å²) in [5, 5.41) is 36.0. The molecule has 0 fully saturated rings. The number of aliphatic hydroxyl groups is 1. The van der Waals surface area contributed by atoms with Crippen LogP contribution in [0.4, 0.5) is 5.69 Å². The van der Waals surface area contributed by atoms with Crippen LogP contribution in [0.2, 0.25) is 0 Å². The normalized spacial score (nSPS) is 14.4. The van der Waals surface area contributed by atoms with Crippen LogP contribution < -0.4 is 32.7 Å². The zero-order valence-electron chi connectivity index (χ0n) is 21.4. The van der Waals surface area contributed by atoms with Gasteiger partial charge in [-0.1, -0.05) is 0 Å². The van der Waals surface area contributed by atoms with Crippen LogP contribution in [0.5, 0.6) is 0 Å². The molecule has 0 aliphatic carbocycles. The van der Waals surface area contributed by atoms with Crippen LogP contribution in [0.1, 0.15) is 36.0 Å². The van der Waals surface area contributed by atoms with Crippen molar-refractivity contribution in [2.45, 2.75) is 31.7 Å². The first-order valence-electron chi connectivity index (χ1n) is 12.0. The van der Waals surface area contributed by atoms with E-state index in [4.69, 9.17) is 22.0 Å².